The van der Waals surface area contributed by atoms with Gasteiger partial charge in [0.25, 0.3) is 0 Å². The highest BCUT2D eigenvalue weighted by Gasteiger charge is 2.15. The molecule has 1 unspecified atom stereocenters. The number of para-hydroxylation sites is 1. The van der Waals surface area contributed by atoms with E-state index in [0.717, 1.165) is 0 Å². The maximum atomic E-state index is 11.9. The highest BCUT2D eigenvalue weighted by molar-refractivity contribution is 5.92. The van der Waals surface area contributed by atoms with Crippen molar-refractivity contribution < 1.29 is 28.9 Å². The van der Waals surface area contributed by atoms with Gasteiger partial charge in [-0.15, -0.1) is 0 Å². The molecule has 0 fully saturated rings. The summed E-state index contributed by atoms with van der Waals surface area (Å²) in [5.41, 5.74) is -0.543. The van der Waals surface area contributed by atoms with Gasteiger partial charge in [-0.25, -0.2) is 9.59 Å². The van der Waals surface area contributed by atoms with Crippen molar-refractivity contribution in [2.24, 2.45) is 0 Å². The van der Waals surface area contributed by atoms with E-state index in [4.69, 9.17) is 19.0 Å². The number of benzene rings is 1. The normalized spacial score (nSPS) is 12.2. The van der Waals surface area contributed by atoms with Crippen LogP contribution in [-0.4, -0.2) is 42.3 Å². The number of ether oxygens (including phenoxy) is 2. The molecule has 7 nitrogen and oxygen atoms in total. The molecule has 0 aliphatic carbocycles. The zero-order chi connectivity index (χ0) is 17.4. The lowest BCUT2D eigenvalue weighted by Crippen LogP contribution is -2.18. The Morgan fingerprint density at radius 1 is 1.25 bits per heavy atom. The molecular weight excluding hydrogens is 316 g/mol. The number of carbonyl (C=O) groups excluding carboxylic acids is 1. The lowest BCUT2D eigenvalue weighted by atomic mass is 10.1. The van der Waals surface area contributed by atoms with Crippen LogP contribution in [0.1, 0.15) is 29.6 Å². The molecule has 130 valence electrons. The van der Waals surface area contributed by atoms with Crippen LogP contribution in [0.5, 0.6) is 0 Å². The molecule has 0 aliphatic rings. The molecule has 0 amide bonds. The lowest BCUT2D eigenvalue weighted by molar-refractivity contribution is -0.0345. The number of rotatable bonds is 9. The predicted molar refractivity (Wildman–Crippen MR) is 85.7 cm³/mol. The first-order chi connectivity index (χ1) is 11.6. The van der Waals surface area contributed by atoms with E-state index in [1.165, 1.54) is 6.07 Å². The van der Waals surface area contributed by atoms with Crippen molar-refractivity contribution in [2.75, 3.05) is 20.0 Å². The van der Waals surface area contributed by atoms with Crippen LogP contribution < -0.4 is 5.63 Å². The van der Waals surface area contributed by atoms with E-state index in [-0.39, 0.29) is 19.0 Å². The van der Waals surface area contributed by atoms with Gasteiger partial charge in [0.15, 0.2) is 6.79 Å². The van der Waals surface area contributed by atoms with Crippen LogP contribution >= 0.6 is 0 Å². The van der Waals surface area contributed by atoms with Crippen molar-refractivity contribution in [1.29, 1.82) is 0 Å². The minimum atomic E-state index is -0.810. The minimum absolute atomic E-state index is 0.0615. The lowest BCUT2D eigenvalue weighted by Gasteiger charge is -2.09. The fourth-order valence-electron chi connectivity index (χ4n) is 2.15. The van der Waals surface area contributed by atoms with Gasteiger partial charge in [0.05, 0.1) is 12.7 Å². The Hall–Kier alpha value is -2.22. The van der Waals surface area contributed by atoms with Crippen LogP contribution in [0.4, 0.5) is 0 Å². The molecule has 7 heteroatoms. The van der Waals surface area contributed by atoms with Crippen LogP contribution in [0.3, 0.4) is 0 Å². The number of esters is 1. The molecule has 0 spiro atoms. The second kappa shape index (κ2) is 9.17. The van der Waals surface area contributed by atoms with Gasteiger partial charge in [-0.3, -0.25) is 0 Å². The summed E-state index contributed by atoms with van der Waals surface area (Å²) in [7, 11) is 0. The average molecular weight is 336 g/mol. The number of fused-ring (bicyclic) bond motifs is 1. The summed E-state index contributed by atoms with van der Waals surface area (Å²) in [6.07, 6.45) is 0.815. The van der Waals surface area contributed by atoms with Crippen molar-refractivity contribution in [3.63, 3.8) is 0 Å². The smallest absolute Gasteiger partial charge is 0.351 e. The second-order valence-electron chi connectivity index (χ2n) is 5.25. The fraction of sp³-hybridized carbons (Fsp3) is 0.412. The van der Waals surface area contributed by atoms with Crippen molar-refractivity contribution in [3.05, 3.63) is 46.3 Å². The standard InChI is InChI=1S/C17H20O7/c18-8-7-13(19)5-3-9-22-11-23-16(20)14-10-12-4-1-2-6-15(12)24-17(14)21/h1-2,4,6,10,13,18-19H,3,5,7-9,11H2. The highest BCUT2D eigenvalue weighted by Crippen LogP contribution is 2.13. The summed E-state index contributed by atoms with van der Waals surface area (Å²) in [5.74, 6) is -0.810. The predicted octanol–water partition coefficient (Wildman–Crippen LogP) is 1.45. The summed E-state index contributed by atoms with van der Waals surface area (Å²) >= 11 is 0. The molecule has 24 heavy (non-hydrogen) atoms. The van der Waals surface area contributed by atoms with E-state index in [1.807, 2.05) is 0 Å². The van der Waals surface area contributed by atoms with Crippen molar-refractivity contribution in [1.82, 2.24) is 0 Å². The molecule has 1 heterocycles. The Labute approximate surface area is 138 Å². The number of aliphatic hydroxyl groups excluding tert-OH is 2. The fourth-order valence-corrected chi connectivity index (χ4v) is 2.15. The maximum absolute atomic E-state index is 11.9. The van der Waals surface area contributed by atoms with E-state index < -0.39 is 17.7 Å². The number of carbonyl (C=O) groups is 1. The topological polar surface area (TPSA) is 106 Å². The van der Waals surface area contributed by atoms with Gasteiger partial charge in [-0.05, 0) is 31.4 Å². The molecule has 0 radical (unpaired) electrons. The van der Waals surface area contributed by atoms with E-state index in [2.05, 4.69) is 0 Å². The van der Waals surface area contributed by atoms with E-state index in [0.29, 0.717) is 36.8 Å². The third-order valence-electron chi connectivity index (χ3n) is 3.42. The number of hydrogen-bond acceptors (Lipinski definition) is 7. The molecule has 1 aromatic heterocycles. The summed E-state index contributed by atoms with van der Waals surface area (Å²) in [6, 6.07) is 8.29. The van der Waals surface area contributed by atoms with Crippen molar-refractivity contribution >= 4 is 16.9 Å². The first-order valence-corrected chi connectivity index (χ1v) is 7.68. The Kier molecular flexibility index (Phi) is 6.92. The summed E-state index contributed by atoms with van der Waals surface area (Å²) < 4.78 is 15.1. The molecule has 0 saturated heterocycles. The molecule has 0 saturated carbocycles. The third-order valence-corrected chi connectivity index (χ3v) is 3.42. The van der Waals surface area contributed by atoms with Crippen molar-refractivity contribution in [2.45, 2.75) is 25.4 Å². The first kappa shape index (κ1) is 18.1. The van der Waals surface area contributed by atoms with E-state index in [9.17, 15) is 14.7 Å². The van der Waals surface area contributed by atoms with Crippen LogP contribution in [0.25, 0.3) is 11.0 Å². The largest absolute Gasteiger partial charge is 0.435 e. The third kappa shape index (κ3) is 5.16. The van der Waals surface area contributed by atoms with Gasteiger partial charge >= 0.3 is 11.6 Å². The quantitative estimate of drug-likeness (QED) is 0.309. The van der Waals surface area contributed by atoms with Gasteiger partial charge in [0.1, 0.15) is 11.1 Å². The monoisotopic (exact) mass is 336 g/mol. The second-order valence-corrected chi connectivity index (χ2v) is 5.25. The molecule has 2 aromatic rings. The van der Waals surface area contributed by atoms with Gasteiger partial charge in [0.2, 0.25) is 0 Å². The molecule has 1 atom stereocenters. The Bertz CT molecular complexity index is 722. The summed E-state index contributed by atoms with van der Waals surface area (Å²) in [6.45, 7) is -0.0583. The molecule has 0 aliphatic heterocycles. The molecule has 1 aromatic carbocycles. The summed E-state index contributed by atoms with van der Waals surface area (Å²) in [4.78, 5) is 23.7. The Morgan fingerprint density at radius 3 is 2.83 bits per heavy atom. The Morgan fingerprint density at radius 2 is 2.04 bits per heavy atom. The van der Waals surface area contributed by atoms with Crippen LogP contribution in [0.2, 0.25) is 0 Å². The van der Waals surface area contributed by atoms with Crippen LogP contribution in [0.15, 0.2) is 39.5 Å². The van der Waals surface area contributed by atoms with E-state index >= 15 is 0 Å². The van der Waals surface area contributed by atoms with Gasteiger partial charge in [-0.2, -0.15) is 0 Å². The minimum Gasteiger partial charge on any atom is -0.435 e. The zero-order valence-electron chi connectivity index (χ0n) is 13.1. The number of aliphatic hydroxyl groups is 2. The Balaban J connectivity index is 1.79. The van der Waals surface area contributed by atoms with Crippen LogP contribution in [-0.2, 0) is 9.47 Å². The van der Waals surface area contributed by atoms with Crippen molar-refractivity contribution in [3.8, 4) is 0 Å². The molecular formula is C17H20O7. The SMILES string of the molecule is O=C(OCOCCCC(O)CCO)c1cc2ccccc2oc1=O. The van der Waals surface area contributed by atoms with E-state index in [1.54, 1.807) is 24.3 Å². The van der Waals surface area contributed by atoms with Gasteiger partial charge in [-0.1, -0.05) is 18.2 Å². The molecule has 0 bridgehead atoms. The maximum Gasteiger partial charge on any atom is 0.351 e. The first-order valence-electron chi connectivity index (χ1n) is 7.68. The number of hydrogen-bond donors (Lipinski definition) is 2. The molecule has 2 N–H and O–H groups in total. The van der Waals surface area contributed by atoms with Gasteiger partial charge in [0, 0.05) is 12.0 Å². The average Bonchev–Trinajstić information content (AvgIpc) is 2.57. The van der Waals surface area contributed by atoms with Gasteiger partial charge < -0.3 is 24.1 Å². The zero-order valence-corrected chi connectivity index (χ0v) is 13.1. The van der Waals surface area contributed by atoms with Crippen LogP contribution in [0, 0.1) is 0 Å². The highest BCUT2D eigenvalue weighted by atomic mass is 16.7. The molecule has 2 rings (SSSR count). The summed E-state index contributed by atoms with van der Waals surface area (Å²) in [5, 5.41) is 18.7.